The first-order chi connectivity index (χ1) is 9.15. The van der Waals surface area contributed by atoms with Crippen molar-refractivity contribution in [2.24, 2.45) is 0 Å². The van der Waals surface area contributed by atoms with Gasteiger partial charge in [0.05, 0.1) is 17.7 Å². The van der Waals surface area contributed by atoms with E-state index < -0.39 is 0 Å². The molecule has 1 aliphatic rings. The number of hydrogen-bond donors (Lipinski definition) is 0. The predicted molar refractivity (Wildman–Crippen MR) is 71.3 cm³/mol. The molecule has 3 nitrogen and oxygen atoms in total. The maximum Gasteiger partial charge on any atom is 0.196 e. The first kappa shape index (κ1) is 11.9. The van der Waals surface area contributed by atoms with Crippen molar-refractivity contribution in [1.82, 2.24) is 0 Å². The van der Waals surface area contributed by atoms with Gasteiger partial charge in [-0.1, -0.05) is 35.9 Å². The maximum absolute atomic E-state index is 12.5. The monoisotopic (exact) mass is 272 g/mol. The number of carbonyl (C=O) groups excluding carboxylic acids is 2. The van der Waals surface area contributed by atoms with E-state index in [2.05, 4.69) is 0 Å². The fourth-order valence-electron chi connectivity index (χ4n) is 2.28. The van der Waals surface area contributed by atoms with Gasteiger partial charge < -0.3 is 4.74 Å². The molecular weight excluding hydrogens is 264 g/mol. The van der Waals surface area contributed by atoms with E-state index in [9.17, 15) is 9.59 Å². The number of ketones is 2. The van der Waals surface area contributed by atoms with Crippen LogP contribution in [0.15, 0.2) is 36.4 Å². The van der Waals surface area contributed by atoms with Crippen molar-refractivity contribution in [3.8, 4) is 5.75 Å². The number of fused-ring (bicyclic) bond motifs is 2. The Bertz CT molecular complexity index is 719. The average Bonchev–Trinajstić information content (AvgIpc) is 2.44. The molecule has 4 heteroatoms. The van der Waals surface area contributed by atoms with Gasteiger partial charge in [0.1, 0.15) is 5.75 Å². The molecule has 0 atom stereocenters. The number of rotatable bonds is 1. The Kier molecular flexibility index (Phi) is 2.64. The number of hydrogen-bond acceptors (Lipinski definition) is 3. The van der Waals surface area contributed by atoms with Crippen LogP contribution in [0.25, 0.3) is 0 Å². The lowest BCUT2D eigenvalue weighted by molar-refractivity contribution is 0.0979. The summed E-state index contributed by atoms with van der Waals surface area (Å²) in [4.78, 5) is 24.8. The van der Waals surface area contributed by atoms with E-state index in [1.54, 1.807) is 36.4 Å². The van der Waals surface area contributed by atoms with Crippen LogP contribution in [0.2, 0.25) is 5.02 Å². The summed E-state index contributed by atoms with van der Waals surface area (Å²) in [5.74, 6) is -0.0372. The number of methoxy groups -OCH3 is 1. The summed E-state index contributed by atoms with van der Waals surface area (Å²) in [6.07, 6.45) is 0. The summed E-state index contributed by atoms with van der Waals surface area (Å²) in [5, 5.41) is 0.188. The van der Waals surface area contributed by atoms with Crippen molar-refractivity contribution in [3.63, 3.8) is 0 Å². The maximum atomic E-state index is 12.5. The Morgan fingerprint density at radius 2 is 1.53 bits per heavy atom. The minimum absolute atomic E-state index is 0.185. The van der Waals surface area contributed by atoms with E-state index in [0.717, 1.165) is 0 Å². The molecule has 0 aliphatic heterocycles. The van der Waals surface area contributed by atoms with E-state index >= 15 is 0 Å². The molecule has 19 heavy (non-hydrogen) atoms. The SMILES string of the molecule is COc1ccc2c(c1Cl)C(=O)c1ccccc1C2=O. The number of ether oxygens (including phenoxy) is 1. The average molecular weight is 273 g/mol. The fraction of sp³-hybridized carbons (Fsp3) is 0.0667. The highest BCUT2D eigenvalue weighted by molar-refractivity contribution is 6.40. The Morgan fingerprint density at radius 1 is 0.895 bits per heavy atom. The van der Waals surface area contributed by atoms with Gasteiger partial charge in [-0.05, 0) is 12.1 Å². The summed E-state index contributed by atoms with van der Waals surface area (Å²) in [6, 6.07) is 9.92. The largest absolute Gasteiger partial charge is 0.495 e. The van der Waals surface area contributed by atoms with E-state index in [4.69, 9.17) is 16.3 Å². The second kappa shape index (κ2) is 4.21. The molecule has 0 N–H and O–H groups in total. The molecule has 0 saturated carbocycles. The topological polar surface area (TPSA) is 43.4 Å². The summed E-state index contributed by atoms with van der Waals surface area (Å²) in [6.45, 7) is 0. The molecule has 0 saturated heterocycles. The molecule has 0 aromatic heterocycles. The third-order valence-corrected chi connectivity index (χ3v) is 3.59. The van der Waals surface area contributed by atoms with Gasteiger partial charge >= 0.3 is 0 Å². The first-order valence-corrected chi connectivity index (χ1v) is 6.08. The minimum Gasteiger partial charge on any atom is -0.495 e. The van der Waals surface area contributed by atoms with E-state index in [-0.39, 0.29) is 22.2 Å². The zero-order valence-electron chi connectivity index (χ0n) is 10.1. The zero-order valence-corrected chi connectivity index (χ0v) is 10.8. The van der Waals surface area contributed by atoms with Crippen LogP contribution < -0.4 is 4.74 Å². The highest BCUT2D eigenvalue weighted by Crippen LogP contribution is 2.36. The minimum atomic E-state index is -0.242. The Hall–Kier alpha value is -2.13. The van der Waals surface area contributed by atoms with Gasteiger partial charge in [0.2, 0.25) is 0 Å². The molecule has 0 heterocycles. The van der Waals surface area contributed by atoms with Crippen molar-refractivity contribution in [2.75, 3.05) is 7.11 Å². The quantitative estimate of drug-likeness (QED) is 0.683. The highest BCUT2D eigenvalue weighted by Gasteiger charge is 2.32. The second-order valence-electron chi connectivity index (χ2n) is 4.21. The molecule has 2 aromatic rings. The number of halogens is 1. The van der Waals surface area contributed by atoms with Gasteiger partial charge in [-0.25, -0.2) is 0 Å². The lowest BCUT2D eigenvalue weighted by Crippen LogP contribution is -2.21. The van der Waals surface area contributed by atoms with Crippen LogP contribution >= 0.6 is 11.6 Å². The van der Waals surface area contributed by atoms with Crippen LogP contribution in [0.4, 0.5) is 0 Å². The van der Waals surface area contributed by atoms with Crippen LogP contribution in [-0.4, -0.2) is 18.7 Å². The molecular formula is C15H9ClO3. The molecule has 0 unspecified atom stereocenters. The predicted octanol–water partition coefficient (Wildman–Crippen LogP) is 3.12. The van der Waals surface area contributed by atoms with Crippen LogP contribution in [0, 0.1) is 0 Å². The molecule has 94 valence electrons. The van der Waals surface area contributed by atoms with Crippen LogP contribution in [0.1, 0.15) is 31.8 Å². The van der Waals surface area contributed by atoms with E-state index in [1.807, 2.05) is 0 Å². The van der Waals surface area contributed by atoms with Crippen LogP contribution in [-0.2, 0) is 0 Å². The zero-order chi connectivity index (χ0) is 13.6. The summed E-state index contributed by atoms with van der Waals surface area (Å²) >= 11 is 6.16. The van der Waals surface area contributed by atoms with Crippen molar-refractivity contribution in [2.45, 2.75) is 0 Å². The normalized spacial score (nSPS) is 12.9. The molecule has 0 spiro atoms. The molecule has 0 bridgehead atoms. The van der Waals surface area contributed by atoms with Gasteiger partial charge in [-0.3, -0.25) is 9.59 Å². The smallest absolute Gasteiger partial charge is 0.196 e. The van der Waals surface area contributed by atoms with Crippen molar-refractivity contribution < 1.29 is 14.3 Å². The third kappa shape index (κ3) is 1.59. The summed E-state index contributed by atoms with van der Waals surface area (Å²) in [7, 11) is 1.47. The molecule has 0 radical (unpaired) electrons. The Morgan fingerprint density at radius 3 is 2.16 bits per heavy atom. The summed E-state index contributed by atoms with van der Waals surface area (Å²) in [5.41, 5.74) is 1.36. The van der Waals surface area contributed by atoms with Crippen molar-refractivity contribution in [3.05, 3.63) is 63.7 Å². The fourth-order valence-corrected chi connectivity index (χ4v) is 2.61. The van der Waals surface area contributed by atoms with Gasteiger partial charge in [-0.15, -0.1) is 0 Å². The Balaban J connectivity index is 2.33. The third-order valence-electron chi connectivity index (χ3n) is 3.21. The number of benzene rings is 2. The van der Waals surface area contributed by atoms with Crippen molar-refractivity contribution >= 4 is 23.2 Å². The molecule has 2 aromatic carbocycles. The lowest BCUT2D eigenvalue weighted by Gasteiger charge is -2.19. The van der Waals surface area contributed by atoms with Crippen LogP contribution in [0.5, 0.6) is 5.75 Å². The molecule has 1 aliphatic carbocycles. The van der Waals surface area contributed by atoms with Gasteiger partial charge in [-0.2, -0.15) is 0 Å². The Labute approximate surface area is 114 Å². The summed E-state index contributed by atoms with van der Waals surface area (Å²) < 4.78 is 5.09. The van der Waals surface area contributed by atoms with E-state index in [1.165, 1.54) is 7.11 Å². The standard InChI is InChI=1S/C15H9ClO3/c1-19-11-7-6-10-12(13(11)16)15(18)9-5-3-2-4-8(9)14(10)17/h2-7H,1H3. The first-order valence-electron chi connectivity index (χ1n) is 5.70. The molecule has 0 fully saturated rings. The van der Waals surface area contributed by atoms with Crippen LogP contribution in [0.3, 0.4) is 0 Å². The molecule has 0 amide bonds. The lowest BCUT2D eigenvalue weighted by atomic mass is 9.84. The van der Waals surface area contributed by atoms with Gasteiger partial charge in [0, 0.05) is 16.7 Å². The van der Waals surface area contributed by atoms with E-state index in [0.29, 0.717) is 22.4 Å². The second-order valence-corrected chi connectivity index (χ2v) is 4.59. The molecule has 3 rings (SSSR count). The van der Waals surface area contributed by atoms with Crippen molar-refractivity contribution in [1.29, 1.82) is 0 Å². The highest BCUT2D eigenvalue weighted by atomic mass is 35.5. The number of carbonyl (C=O) groups is 2. The van der Waals surface area contributed by atoms with Gasteiger partial charge in [0.15, 0.2) is 11.6 Å². The van der Waals surface area contributed by atoms with Gasteiger partial charge in [0.25, 0.3) is 0 Å².